The van der Waals surface area contributed by atoms with Crippen molar-refractivity contribution in [1.29, 1.82) is 0 Å². The Morgan fingerprint density at radius 2 is 1.57 bits per heavy atom. The molecule has 0 heterocycles. The van der Waals surface area contributed by atoms with Crippen LogP contribution in [-0.4, -0.2) is 13.0 Å². The summed E-state index contributed by atoms with van der Waals surface area (Å²) in [5.74, 6) is 0.811. The summed E-state index contributed by atoms with van der Waals surface area (Å²) in [7, 11) is 1.64. The van der Waals surface area contributed by atoms with Crippen molar-refractivity contribution in [3.8, 4) is 5.75 Å². The molecule has 0 saturated carbocycles. The zero-order chi connectivity index (χ0) is 19.8. The fourth-order valence-electron chi connectivity index (χ4n) is 3.32. The Kier molecular flexibility index (Phi) is 6.64. The van der Waals surface area contributed by atoms with E-state index in [1.807, 2.05) is 83.8 Å². The first-order valence-electron chi connectivity index (χ1n) is 9.39. The monoisotopic (exact) mass is 371 g/mol. The van der Waals surface area contributed by atoms with Gasteiger partial charge in [0.1, 0.15) is 5.75 Å². The molecule has 0 fully saturated rings. The lowest BCUT2D eigenvalue weighted by Crippen LogP contribution is -2.36. The molecular formula is C25H25NO2. The highest BCUT2D eigenvalue weighted by Gasteiger charge is 2.26. The molecule has 0 spiro atoms. The Morgan fingerprint density at radius 1 is 0.964 bits per heavy atom. The molecule has 0 N–H and O–H groups in total. The van der Waals surface area contributed by atoms with Crippen LogP contribution in [0.15, 0.2) is 97.6 Å². The number of methoxy groups -OCH3 is 1. The SMILES string of the molecule is C=CCC(c1ccccc1)N(C(=O)Cc1ccccc1)c1ccc(OC)cc1. The predicted molar refractivity (Wildman–Crippen MR) is 115 cm³/mol. The molecule has 3 heteroatoms. The molecule has 1 atom stereocenters. The Labute approximate surface area is 166 Å². The number of anilines is 1. The van der Waals surface area contributed by atoms with E-state index >= 15 is 0 Å². The van der Waals surface area contributed by atoms with Gasteiger partial charge in [0, 0.05) is 5.69 Å². The molecule has 0 saturated heterocycles. The summed E-state index contributed by atoms with van der Waals surface area (Å²) in [5, 5.41) is 0. The molecule has 1 amide bonds. The van der Waals surface area contributed by atoms with E-state index in [9.17, 15) is 4.79 Å². The van der Waals surface area contributed by atoms with Crippen LogP contribution in [0.1, 0.15) is 23.6 Å². The fourth-order valence-corrected chi connectivity index (χ4v) is 3.32. The maximum Gasteiger partial charge on any atom is 0.231 e. The fraction of sp³-hybridized carbons (Fsp3) is 0.160. The number of rotatable bonds is 8. The highest BCUT2D eigenvalue weighted by atomic mass is 16.5. The van der Waals surface area contributed by atoms with Crippen molar-refractivity contribution in [1.82, 2.24) is 0 Å². The first kappa shape index (κ1) is 19.4. The zero-order valence-corrected chi connectivity index (χ0v) is 16.1. The summed E-state index contributed by atoms with van der Waals surface area (Å²) >= 11 is 0. The second-order valence-electron chi connectivity index (χ2n) is 6.58. The van der Waals surface area contributed by atoms with E-state index in [-0.39, 0.29) is 11.9 Å². The van der Waals surface area contributed by atoms with Crippen molar-refractivity contribution < 1.29 is 9.53 Å². The number of carbonyl (C=O) groups excluding carboxylic acids is 1. The number of carbonyl (C=O) groups is 1. The van der Waals surface area contributed by atoms with E-state index in [1.54, 1.807) is 7.11 Å². The van der Waals surface area contributed by atoms with E-state index in [0.29, 0.717) is 12.8 Å². The minimum Gasteiger partial charge on any atom is -0.497 e. The van der Waals surface area contributed by atoms with Gasteiger partial charge in [0.25, 0.3) is 0 Å². The highest BCUT2D eigenvalue weighted by Crippen LogP contribution is 2.32. The maximum atomic E-state index is 13.4. The molecule has 0 bridgehead atoms. The van der Waals surface area contributed by atoms with E-state index in [4.69, 9.17) is 4.74 Å². The largest absolute Gasteiger partial charge is 0.497 e. The molecule has 3 aromatic rings. The molecule has 0 aliphatic carbocycles. The normalized spacial score (nSPS) is 11.5. The number of amides is 1. The Morgan fingerprint density at radius 3 is 2.14 bits per heavy atom. The lowest BCUT2D eigenvalue weighted by molar-refractivity contribution is -0.118. The molecule has 0 radical (unpaired) electrons. The molecule has 3 rings (SSSR count). The van der Waals surface area contributed by atoms with Gasteiger partial charge in [-0.05, 0) is 41.8 Å². The van der Waals surface area contributed by atoms with Gasteiger partial charge in [-0.2, -0.15) is 0 Å². The third kappa shape index (κ3) is 4.68. The van der Waals surface area contributed by atoms with E-state index < -0.39 is 0 Å². The van der Waals surface area contributed by atoms with Gasteiger partial charge in [-0.15, -0.1) is 6.58 Å². The second kappa shape index (κ2) is 9.56. The van der Waals surface area contributed by atoms with E-state index in [2.05, 4.69) is 18.7 Å². The van der Waals surface area contributed by atoms with E-state index in [0.717, 1.165) is 22.6 Å². The third-order valence-electron chi connectivity index (χ3n) is 4.70. The van der Waals surface area contributed by atoms with Crippen molar-refractivity contribution in [3.05, 3.63) is 109 Å². The first-order valence-corrected chi connectivity index (χ1v) is 9.39. The van der Waals surface area contributed by atoms with Gasteiger partial charge in [-0.25, -0.2) is 0 Å². The van der Waals surface area contributed by atoms with Crippen molar-refractivity contribution in [3.63, 3.8) is 0 Å². The van der Waals surface area contributed by atoms with Gasteiger partial charge in [-0.1, -0.05) is 66.7 Å². The van der Waals surface area contributed by atoms with Crippen molar-refractivity contribution >= 4 is 11.6 Å². The van der Waals surface area contributed by atoms with Crippen LogP contribution in [0.25, 0.3) is 0 Å². The number of benzene rings is 3. The van der Waals surface area contributed by atoms with Crippen LogP contribution in [0.4, 0.5) is 5.69 Å². The van der Waals surface area contributed by atoms with Crippen molar-refractivity contribution in [2.45, 2.75) is 18.9 Å². The third-order valence-corrected chi connectivity index (χ3v) is 4.70. The van der Waals surface area contributed by atoms with Gasteiger partial charge in [-0.3, -0.25) is 4.79 Å². The number of nitrogens with zero attached hydrogens (tertiary/aromatic N) is 1. The Balaban J connectivity index is 2.00. The van der Waals surface area contributed by atoms with Crippen molar-refractivity contribution in [2.75, 3.05) is 12.0 Å². The summed E-state index contributed by atoms with van der Waals surface area (Å²) in [6.07, 6.45) is 2.87. The first-order chi connectivity index (χ1) is 13.7. The van der Waals surface area contributed by atoms with Crippen LogP contribution < -0.4 is 9.64 Å². The molecule has 3 nitrogen and oxygen atoms in total. The summed E-state index contributed by atoms with van der Waals surface area (Å²) in [4.78, 5) is 15.3. The van der Waals surface area contributed by atoms with Crippen LogP contribution >= 0.6 is 0 Å². The second-order valence-corrected chi connectivity index (χ2v) is 6.58. The summed E-state index contributed by atoms with van der Waals surface area (Å²) in [5.41, 5.74) is 2.92. The molecule has 3 aromatic carbocycles. The average Bonchev–Trinajstić information content (AvgIpc) is 2.75. The van der Waals surface area contributed by atoms with Crippen LogP contribution in [0, 0.1) is 0 Å². The molecule has 142 valence electrons. The van der Waals surface area contributed by atoms with Crippen LogP contribution in [0.2, 0.25) is 0 Å². The number of hydrogen-bond acceptors (Lipinski definition) is 2. The number of hydrogen-bond donors (Lipinski definition) is 0. The molecule has 28 heavy (non-hydrogen) atoms. The average molecular weight is 371 g/mol. The maximum absolute atomic E-state index is 13.4. The van der Waals surface area contributed by atoms with Crippen LogP contribution in [-0.2, 0) is 11.2 Å². The minimum atomic E-state index is -0.122. The predicted octanol–water partition coefficient (Wildman–Crippen LogP) is 5.59. The number of ether oxygens (including phenoxy) is 1. The van der Waals surface area contributed by atoms with Gasteiger partial charge in [0.05, 0.1) is 19.6 Å². The minimum absolute atomic E-state index is 0.0482. The van der Waals surface area contributed by atoms with Crippen LogP contribution in [0.3, 0.4) is 0 Å². The van der Waals surface area contributed by atoms with Crippen LogP contribution in [0.5, 0.6) is 5.75 Å². The summed E-state index contributed by atoms with van der Waals surface area (Å²) in [6, 6.07) is 27.4. The van der Waals surface area contributed by atoms with Gasteiger partial charge in [0.2, 0.25) is 5.91 Å². The quantitative estimate of drug-likeness (QED) is 0.483. The molecule has 0 aromatic heterocycles. The van der Waals surface area contributed by atoms with E-state index in [1.165, 1.54) is 0 Å². The smallest absolute Gasteiger partial charge is 0.231 e. The van der Waals surface area contributed by atoms with Gasteiger partial charge >= 0.3 is 0 Å². The van der Waals surface area contributed by atoms with Gasteiger partial charge in [0.15, 0.2) is 0 Å². The molecule has 0 aliphatic heterocycles. The zero-order valence-electron chi connectivity index (χ0n) is 16.1. The molecule has 1 unspecified atom stereocenters. The van der Waals surface area contributed by atoms with Gasteiger partial charge < -0.3 is 9.64 Å². The van der Waals surface area contributed by atoms with Crippen molar-refractivity contribution in [2.24, 2.45) is 0 Å². The highest BCUT2D eigenvalue weighted by molar-refractivity contribution is 5.95. The lowest BCUT2D eigenvalue weighted by Gasteiger charge is -2.32. The summed E-state index contributed by atoms with van der Waals surface area (Å²) < 4.78 is 5.28. The standard InChI is InChI=1S/C25H25NO2/c1-3-10-24(21-13-8-5-9-14-21)26(22-15-17-23(28-2)18-16-22)25(27)19-20-11-6-4-7-12-20/h3-9,11-18,24H,1,10,19H2,2H3. The molecule has 0 aliphatic rings. The Bertz CT molecular complexity index is 889. The Hall–Kier alpha value is -3.33. The molecular weight excluding hydrogens is 346 g/mol. The lowest BCUT2D eigenvalue weighted by atomic mass is 9.99. The topological polar surface area (TPSA) is 29.5 Å². The summed E-state index contributed by atoms with van der Waals surface area (Å²) in [6.45, 7) is 3.91.